The van der Waals surface area contributed by atoms with Gasteiger partial charge in [0, 0.05) is 18.3 Å². The van der Waals surface area contributed by atoms with E-state index in [4.69, 9.17) is 0 Å². The number of hydrogen-bond donors (Lipinski definition) is 2. The van der Waals surface area contributed by atoms with Gasteiger partial charge in [0.2, 0.25) is 0 Å². The second-order valence-corrected chi connectivity index (χ2v) is 10.1. The third kappa shape index (κ3) is 5.30. The number of imidazole rings is 1. The maximum atomic E-state index is 13.8. The molecule has 6 nitrogen and oxygen atoms in total. The number of carbonyl (C=O) groups excluding carboxylic acids is 1. The summed E-state index contributed by atoms with van der Waals surface area (Å²) in [6, 6.07) is 30.4. The van der Waals surface area contributed by atoms with E-state index in [1.54, 1.807) is 24.4 Å². The first kappa shape index (κ1) is 26.0. The van der Waals surface area contributed by atoms with E-state index in [2.05, 4.69) is 10.3 Å². The summed E-state index contributed by atoms with van der Waals surface area (Å²) in [6.45, 7) is 1.86. The molecule has 0 aliphatic carbocycles. The molecular formula is C34H26FN3O3. The summed E-state index contributed by atoms with van der Waals surface area (Å²) >= 11 is 0. The zero-order valence-corrected chi connectivity index (χ0v) is 22.2. The molecule has 6 aromatic rings. The summed E-state index contributed by atoms with van der Waals surface area (Å²) in [5.41, 5.74) is 5.74. The second-order valence-electron chi connectivity index (χ2n) is 10.1. The van der Waals surface area contributed by atoms with Crippen LogP contribution in [0.15, 0.2) is 109 Å². The van der Waals surface area contributed by atoms with Crippen molar-refractivity contribution in [1.82, 2.24) is 14.7 Å². The molecule has 6 rings (SSSR count). The first-order valence-electron chi connectivity index (χ1n) is 13.2. The van der Waals surface area contributed by atoms with E-state index in [1.807, 2.05) is 72.0 Å². The summed E-state index contributed by atoms with van der Waals surface area (Å²) in [7, 11) is 0. The van der Waals surface area contributed by atoms with E-state index in [0.717, 1.165) is 38.7 Å². The van der Waals surface area contributed by atoms with Gasteiger partial charge in [0.25, 0.3) is 5.91 Å². The van der Waals surface area contributed by atoms with E-state index >= 15 is 0 Å². The lowest BCUT2D eigenvalue weighted by Gasteiger charge is -2.17. The average Bonchev–Trinajstić information content (AvgIpc) is 3.39. The zero-order valence-electron chi connectivity index (χ0n) is 22.2. The number of hydrogen-bond acceptors (Lipinski definition) is 3. The van der Waals surface area contributed by atoms with Crippen LogP contribution < -0.4 is 5.32 Å². The van der Waals surface area contributed by atoms with Gasteiger partial charge in [0.05, 0.1) is 11.6 Å². The van der Waals surface area contributed by atoms with Crippen molar-refractivity contribution < 1.29 is 19.1 Å². The van der Waals surface area contributed by atoms with Gasteiger partial charge in [-0.2, -0.15) is 0 Å². The third-order valence-electron chi connectivity index (χ3n) is 7.28. The van der Waals surface area contributed by atoms with E-state index in [0.29, 0.717) is 17.8 Å². The predicted octanol–water partition coefficient (Wildman–Crippen LogP) is 7.07. The Morgan fingerprint density at radius 2 is 1.61 bits per heavy atom. The number of aromatic nitrogens is 2. The third-order valence-corrected chi connectivity index (χ3v) is 7.28. The maximum Gasteiger partial charge on any atom is 0.335 e. The summed E-state index contributed by atoms with van der Waals surface area (Å²) < 4.78 is 15.5. The van der Waals surface area contributed by atoms with Gasteiger partial charge in [-0.3, -0.25) is 9.20 Å². The molecule has 0 saturated heterocycles. The van der Waals surface area contributed by atoms with Gasteiger partial charge >= 0.3 is 5.97 Å². The molecule has 0 bridgehead atoms. The standard InChI is InChI=1S/C34H26FN3O3/c1-21(23-9-11-25(12-10-23)34(40)41)37-33(39)31-18-28(24-5-3-2-4-6-24)19-32-36-20-30(38(31)32)16-22-7-8-27-17-29(35)14-13-26(27)15-22/h2-15,17-21H,16H2,1H3,(H,37,39)(H,40,41)/t21-/m0/s1. The molecule has 0 unspecified atom stereocenters. The van der Waals surface area contributed by atoms with E-state index in [1.165, 1.54) is 24.3 Å². The SMILES string of the molecule is C[C@H](NC(=O)c1cc(-c2ccccc2)cc2ncc(Cc3ccc4cc(F)ccc4c3)n12)c1ccc(C(=O)O)cc1. The lowest BCUT2D eigenvalue weighted by molar-refractivity contribution is 0.0696. The maximum absolute atomic E-state index is 13.8. The molecule has 0 aliphatic rings. The molecule has 41 heavy (non-hydrogen) atoms. The number of carbonyl (C=O) groups is 2. The molecule has 0 aliphatic heterocycles. The molecule has 1 atom stereocenters. The molecule has 1 amide bonds. The Kier molecular flexibility index (Phi) is 6.77. The molecule has 7 heteroatoms. The smallest absolute Gasteiger partial charge is 0.335 e. The number of nitrogens with zero attached hydrogens (tertiary/aromatic N) is 2. The van der Waals surface area contributed by atoms with Crippen molar-refractivity contribution in [2.75, 3.05) is 0 Å². The molecule has 2 heterocycles. The number of fused-ring (bicyclic) bond motifs is 2. The van der Waals surface area contributed by atoms with Crippen LogP contribution in [0.5, 0.6) is 0 Å². The number of halogens is 1. The number of amides is 1. The van der Waals surface area contributed by atoms with Gasteiger partial charge in [-0.25, -0.2) is 14.2 Å². The molecule has 0 fully saturated rings. The summed E-state index contributed by atoms with van der Waals surface area (Å²) in [5.74, 6) is -1.56. The predicted molar refractivity (Wildman–Crippen MR) is 157 cm³/mol. The van der Waals surface area contributed by atoms with Gasteiger partial charge in [-0.05, 0) is 76.3 Å². The van der Waals surface area contributed by atoms with Crippen molar-refractivity contribution >= 4 is 28.3 Å². The Morgan fingerprint density at radius 1 is 0.878 bits per heavy atom. The number of carboxylic acid groups (broad SMARTS) is 1. The Balaban J connectivity index is 1.38. The largest absolute Gasteiger partial charge is 0.478 e. The van der Waals surface area contributed by atoms with Crippen LogP contribution >= 0.6 is 0 Å². The number of rotatable bonds is 7. The fourth-order valence-corrected chi connectivity index (χ4v) is 5.12. The van der Waals surface area contributed by atoms with Gasteiger partial charge in [-0.1, -0.05) is 66.7 Å². The molecule has 0 saturated carbocycles. The summed E-state index contributed by atoms with van der Waals surface area (Å²) in [4.78, 5) is 29.7. The van der Waals surface area contributed by atoms with Gasteiger partial charge in [0.1, 0.15) is 17.2 Å². The average molecular weight is 544 g/mol. The van der Waals surface area contributed by atoms with Crippen molar-refractivity contribution in [3.05, 3.63) is 143 Å². The zero-order chi connectivity index (χ0) is 28.5. The van der Waals surface area contributed by atoms with Crippen LogP contribution in [-0.2, 0) is 6.42 Å². The van der Waals surface area contributed by atoms with Gasteiger partial charge < -0.3 is 10.4 Å². The van der Waals surface area contributed by atoms with Crippen LogP contribution in [0, 0.1) is 5.82 Å². The van der Waals surface area contributed by atoms with Crippen molar-refractivity contribution in [1.29, 1.82) is 0 Å². The number of pyridine rings is 1. The number of aromatic carboxylic acids is 1. The normalized spacial score (nSPS) is 12.0. The minimum atomic E-state index is -1.00. The Bertz CT molecular complexity index is 1910. The Labute approximate surface area is 235 Å². The lowest BCUT2D eigenvalue weighted by atomic mass is 10.0. The fourth-order valence-electron chi connectivity index (χ4n) is 5.12. The van der Waals surface area contributed by atoms with Crippen LogP contribution in [0.2, 0.25) is 0 Å². The first-order chi connectivity index (χ1) is 19.9. The highest BCUT2D eigenvalue weighted by Crippen LogP contribution is 2.26. The number of benzene rings is 4. The number of carboxylic acids is 1. The van der Waals surface area contributed by atoms with Crippen LogP contribution in [0.3, 0.4) is 0 Å². The molecular weight excluding hydrogens is 517 g/mol. The molecule has 0 spiro atoms. The topological polar surface area (TPSA) is 83.7 Å². The minimum absolute atomic E-state index is 0.187. The molecule has 2 aromatic heterocycles. The van der Waals surface area contributed by atoms with Crippen LogP contribution in [0.25, 0.3) is 27.5 Å². The first-order valence-corrected chi connectivity index (χ1v) is 13.2. The second kappa shape index (κ2) is 10.7. The molecule has 202 valence electrons. The fraction of sp³-hybridized carbons (Fsp3) is 0.0882. The van der Waals surface area contributed by atoms with E-state index < -0.39 is 5.97 Å². The molecule has 2 N–H and O–H groups in total. The van der Waals surface area contributed by atoms with E-state index in [-0.39, 0.29) is 23.3 Å². The summed E-state index contributed by atoms with van der Waals surface area (Å²) in [6.07, 6.45) is 2.30. The highest BCUT2D eigenvalue weighted by Gasteiger charge is 2.19. The van der Waals surface area contributed by atoms with Crippen LogP contribution in [-0.4, -0.2) is 26.4 Å². The van der Waals surface area contributed by atoms with Crippen molar-refractivity contribution in [2.24, 2.45) is 0 Å². The Hall–Kier alpha value is -5.30. The van der Waals surface area contributed by atoms with Gasteiger partial charge in [-0.15, -0.1) is 0 Å². The van der Waals surface area contributed by atoms with Crippen molar-refractivity contribution in [2.45, 2.75) is 19.4 Å². The number of nitrogens with one attached hydrogen (secondary N) is 1. The highest BCUT2D eigenvalue weighted by molar-refractivity contribution is 5.95. The van der Waals surface area contributed by atoms with Crippen molar-refractivity contribution in [3.8, 4) is 11.1 Å². The Morgan fingerprint density at radius 3 is 2.37 bits per heavy atom. The highest BCUT2D eigenvalue weighted by atomic mass is 19.1. The van der Waals surface area contributed by atoms with Crippen LogP contribution in [0.4, 0.5) is 4.39 Å². The quantitative estimate of drug-likeness (QED) is 0.226. The lowest BCUT2D eigenvalue weighted by Crippen LogP contribution is -2.28. The minimum Gasteiger partial charge on any atom is -0.478 e. The van der Waals surface area contributed by atoms with Crippen LogP contribution in [0.1, 0.15) is 50.6 Å². The van der Waals surface area contributed by atoms with Gasteiger partial charge in [0.15, 0.2) is 0 Å². The molecule has 4 aromatic carbocycles. The van der Waals surface area contributed by atoms with Crippen molar-refractivity contribution in [3.63, 3.8) is 0 Å². The molecule has 0 radical (unpaired) electrons. The summed E-state index contributed by atoms with van der Waals surface area (Å²) in [5, 5.41) is 14.0. The van der Waals surface area contributed by atoms with E-state index in [9.17, 15) is 19.1 Å². The monoisotopic (exact) mass is 543 g/mol.